The molecule has 4 nitrogen and oxygen atoms in total. The van der Waals surface area contributed by atoms with Gasteiger partial charge in [-0.1, -0.05) is 84.0 Å². The molecule has 0 bridgehead atoms. The van der Waals surface area contributed by atoms with Crippen molar-refractivity contribution in [3.63, 3.8) is 0 Å². The van der Waals surface area contributed by atoms with Crippen LogP contribution in [0.15, 0.2) is 0 Å². The quantitative estimate of drug-likeness (QED) is 0.222. The molecule has 0 aliphatic carbocycles. The van der Waals surface area contributed by atoms with E-state index < -0.39 is 15.4 Å². The number of hydrogen-bond donors (Lipinski definition) is 1. The molecule has 0 aliphatic rings. The molecule has 6 heteroatoms. The first-order valence-electron chi connectivity index (χ1n) is 10.1. The Labute approximate surface area is 178 Å². The Bertz CT molecular complexity index is 360. The molecule has 0 aromatic rings. The summed E-state index contributed by atoms with van der Waals surface area (Å²) in [6.07, 6.45) is 16.9. The first kappa shape index (κ1) is 28.1. The van der Waals surface area contributed by atoms with E-state index in [9.17, 15) is 13.0 Å². The molecule has 1 unspecified atom stereocenters. The summed E-state index contributed by atoms with van der Waals surface area (Å²) in [4.78, 5) is 0. The maximum absolute atomic E-state index is 11.2. The summed E-state index contributed by atoms with van der Waals surface area (Å²) in [6.45, 7) is 2.30. The molecule has 0 saturated heterocycles. The van der Waals surface area contributed by atoms with Crippen molar-refractivity contribution in [3.8, 4) is 0 Å². The average molecular weight is 387 g/mol. The zero-order chi connectivity index (χ0) is 18.1. The third-order valence-electron chi connectivity index (χ3n) is 4.72. The molecule has 0 aromatic heterocycles. The summed E-state index contributed by atoms with van der Waals surface area (Å²) < 4.78 is 33.7. The first-order chi connectivity index (χ1) is 11.5. The smallest absolute Gasteiger partial charge is 0.748 e. The van der Waals surface area contributed by atoms with Crippen LogP contribution in [0.1, 0.15) is 110 Å². The molecule has 0 amide bonds. The van der Waals surface area contributed by atoms with Gasteiger partial charge in [0, 0.05) is 11.9 Å². The van der Waals surface area contributed by atoms with Crippen LogP contribution >= 0.6 is 0 Å². The Morgan fingerprint density at radius 3 is 1.44 bits per heavy atom. The molecule has 0 rings (SSSR count). The predicted octanol–water partition coefficient (Wildman–Crippen LogP) is 2.16. The normalized spacial score (nSPS) is 12.8. The van der Waals surface area contributed by atoms with Crippen LogP contribution in [-0.2, 0) is 10.1 Å². The maximum Gasteiger partial charge on any atom is 1.00 e. The first-order valence-corrected chi connectivity index (χ1v) is 11.5. The largest absolute Gasteiger partial charge is 1.00 e. The van der Waals surface area contributed by atoms with Crippen molar-refractivity contribution in [2.75, 3.05) is 6.61 Å². The van der Waals surface area contributed by atoms with E-state index in [2.05, 4.69) is 6.92 Å². The van der Waals surface area contributed by atoms with Crippen molar-refractivity contribution >= 4 is 10.1 Å². The standard InChI is InChI=1S/C19H40O4S.Na/c1-2-3-4-5-6-7-8-9-10-11-12-13-16-19(24(21,22)23)17-14-15-18-20;/h19-20H,2-18H2,1H3,(H,21,22,23);/q;+1/p-1. The monoisotopic (exact) mass is 386 g/mol. The van der Waals surface area contributed by atoms with E-state index in [-0.39, 0.29) is 36.2 Å². The third-order valence-corrected chi connectivity index (χ3v) is 6.01. The van der Waals surface area contributed by atoms with Gasteiger partial charge in [-0.25, -0.2) is 8.42 Å². The van der Waals surface area contributed by atoms with Crippen LogP contribution in [0.25, 0.3) is 0 Å². The minimum absolute atomic E-state index is 0. The van der Waals surface area contributed by atoms with Gasteiger partial charge in [0.15, 0.2) is 0 Å². The van der Waals surface area contributed by atoms with Gasteiger partial charge in [-0.15, -0.1) is 0 Å². The van der Waals surface area contributed by atoms with E-state index in [4.69, 9.17) is 5.11 Å². The van der Waals surface area contributed by atoms with Crippen molar-refractivity contribution in [3.05, 3.63) is 0 Å². The topological polar surface area (TPSA) is 77.4 Å². The second-order valence-electron chi connectivity index (χ2n) is 7.01. The molecule has 25 heavy (non-hydrogen) atoms. The molecule has 0 heterocycles. The van der Waals surface area contributed by atoms with E-state index in [0.29, 0.717) is 25.7 Å². The minimum Gasteiger partial charge on any atom is -0.748 e. The van der Waals surface area contributed by atoms with E-state index in [1.807, 2.05) is 0 Å². The molecule has 0 spiro atoms. The Kier molecular flexibility index (Phi) is 22.0. The Balaban J connectivity index is 0. The number of aliphatic hydroxyl groups excluding tert-OH is 1. The number of unbranched alkanes of at least 4 members (excludes halogenated alkanes) is 12. The molecule has 0 fully saturated rings. The fourth-order valence-electron chi connectivity index (χ4n) is 3.13. The Morgan fingerprint density at radius 1 is 0.720 bits per heavy atom. The number of hydrogen-bond acceptors (Lipinski definition) is 4. The van der Waals surface area contributed by atoms with Crippen molar-refractivity contribution in [2.24, 2.45) is 0 Å². The van der Waals surface area contributed by atoms with Crippen molar-refractivity contribution in [1.82, 2.24) is 0 Å². The van der Waals surface area contributed by atoms with Crippen molar-refractivity contribution < 1.29 is 47.6 Å². The van der Waals surface area contributed by atoms with Crippen LogP contribution < -0.4 is 29.6 Å². The van der Waals surface area contributed by atoms with E-state index in [1.54, 1.807) is 0 Å². The SMILES string of the molecule is CCCCCCCCCCCCCCC(CCCCO)S(=O)(=O)[O-].[Na+]. The zero-order valence-electron chi connectivity index (χ0n) is 16.7. The van der Waals surface area contributed by atoms with Gasteiger partial charge >= 0.3 is 29.6 Å². The molecule has 1 atom stereocenters. The van der Waals surface area contributed by atoms with Gasteiger partial charge in [0.2, 0.25) is 0 Å². The summed E-state index contributed by atoms with van der Waals surface area (Å²) in [5, 5.41) is 7.99. The van der Waals surface area contributed by atoms with Crippen LogP contribution in [-0.4, -0.2) is 29.9 Å². The number of aliphatic hydroxyl groups is 1. The fourth-order valence-corrected chi connectivity index (χ4v) is 4.04. The van der Waals surface area contributed by atoms with Gasteiger partial charge < -0.3 is 9.66 Å². The van der Waals surface area contributed by atoms with Gasteiger partial charge in [0.25, 0.3) is 0 Å². The molecule has 0 radical (unpaired) electrons. The van der Waals surface area contributed by atoms with E-state index in [0.717, 1.165) is 19.3 Å². The summed E-state index contributed by atoms with van der Waals surface area (Å²) in [7, 11) is -4.19. The van der Waals surface area contributed by atoms with Crippen LogP contribution in [0.4, 0.5) is 0 Å². The van der Waals surface area contributed by atoms with Crippen LogP contribution in [0.3, 0.4) is 0 Å². The number of rotatable bonds is 18. The van der Waals surface area contributed by atoms with Crippen molar-refractivity contribution in [1.29, 1.82) is 0 Å². The summed E-state index contributed by atoms with van der Waals surface area (Å²) in [5.41, 5.74) is 0. The van der Waals surface area contributed by atoms with Gasteiger partial charge in [-0.3, -0.25) is 0 Å². The van der Waals surface area contributed by atoms with Gasteiger partial charge in [-0.05, 0) is 25.7 Å². The molecule has 0 saturated carbocycles. The molecule has 1 N–H and O–H groups in total. The van der Waals surface area contributed by atoms with Crippen LogP contribution in [0.5, 0.6) is 0 Å². The van der Waals surface area contributed by atoms with Gasteiger partial charge in [-0.2, -0.15) is 0 Å². The van der Waals surface area contributed by atoms with Gasteiger partial charge in [0.05, 0.1) is 10.1 Å². The fraction of sp³-hybridized carbons (Fsp3) is 1.00. The molecule has 146 valence electrons. The predicted molar refractivity (Wildman–Crippen MR) is 100 cm³/mol. The van der Waals surface area contributed by atoms with Crippen LogP contribution in [0, 0.1) is 0 Å². The Hall–Kier alpha value is 0.870. The van der Waals surface area contributed by atoms with E-state index >= 15 is 0 Å². The second-order valence-corrected chi connectivity index (χ2v) is 8.66. The Morgan fingerprint density at radius 2 is 1.08 bits per heavy atom. The summed E-state index contributed by atoms with van der Waals surface area (Å²) >= 11 is 0. The molecule has 0 aromatic carbocycles. The summed E-state index contributed by atoms with van der Waals surface area (Å²) in [6, 6.07) is 0. The zero-order valence-corrected chi connectivity index (χ0v) is 19.5. The maximum atomic E-state index is 11.2. The third kappa shape index (κ3) is 19.4. The second kappa shape index (κ2) is 19.6. The minimum atomic E-state index is -4.19. The van der Waals surface area contributed by atoms with E-state index in [1.165, 1.54) is 57.8 Å². The molecular weight excluding hydrogens is 347 g/mol. The van der Waals surface area contributed by atoms with Crippen LogP contribution in [0.2, 0.25) is 0 Å². The van der Waals surface area contributed by atoms with Crippen molar-refractivity contribution in [2.45, 2.75) is 115 Å². The summed E-state index contributed by atoms with van der Waals surface area (Å²) in [5.74, 6) is 0. The molecule has 0 aliphatic heterocycles. The molecular formula is C19H39NaO4S. The average Bonchev–Trinajstić information content (AvgIpc) is 2.53. The van der Waals surface area contributed by atoms with Gasteiger partial charge in [0.1, 0.15) is 0 Å².